The summed E-state index contributed by atoms with van der Waals surface area (Å²) in [7, 11) is 0. The number of amides is 1. The van der Waals surface area contributed by atoms with Crippen LogP contribution in [-0.2, 0) is 25.9 Å². The molecule has 31 heavy (non-hydrogen) atoms. The molecule has 2 atom stereocenters. The summed E-state index contributed by atoms with van der Waals surface area (Å²) in [5.41, 5.74) is -2.05. The number of carbonyl (C=O) groups excluding carboxylic acids is 2. The lowest BCUT2D eigenvalue weighted by atomic mass is 9.78. The van der Waals surface area contributed by atoms with Crippen molar-refractivity contribution in [3.05, 3.63) is 75.8 Å². The third-order valence-corrected chi connectivity index (χ3v) is 6.67. The lowest BCUT2D eigenvalue weighted by Crippen LogP contribution is -2.66. The van der Waals surface area contributed by atoms with E-state index in [1.807, 2.05) is 6.92 Å². The molecule has 0 bridgehead atoms. The van der Waals surface area contributed by atoms with Crippen molar-refractivity contribution < 1.29 is 29.6 Å². The first-order valence-electron chi connectivity index (χ1n) is 10.0. The summed E-state index contributed by atoms with van der Waals surface area (Å²) in [5.74, 6) is -7.04. The van der Waals surface area contributed by atoms with Gasteiger partial charge in [0.25, 0.3) is 17.5 Å². The average molecular weight is 442 g/mol. The molecule has 3 N–H and O–H groups in total. The number of likely N-dealkylation sites (tertiary alicyclic amines) is 1. The van der Waals surface area contributed by atoms with Crippen LogP contribution in [0.25, 0.3) is 5.76 Å². The van der Waals surface area contributed by atoms with E-state index in [0.717, 1.165) is 4.90 Å². The van der Waals surface area contributed by atoms with Crippen LogP contribution in [-0.4, -0.2) is 44.0 Å². The Bertz CT molecular complexity index is 1160. The minimum atomic E-state index is -2.77. The Morgan fingerprint density at radius 2 is 1.65 bits per heavy atom. The Morgan fingerprint density at radius 3 is 2.29 bits per heavy atom. The van der Waals surface area contributed by atoms with E-state index in [0.29, 0.717) is 23.4 Å². The molecule has 2 aromatic carbocycles. The number of benzene rings is 2. The van der Waals surface area contributed by atoms with E-state index in [-0.39, 0.29) is 29.0 Å². The summed E-state index contributed by atoms with van der Waals surface area (Å²) in [6.45, 7) is 1.95. The zero-order chi connectivity index (χ0) is 22.2. The van der Waals surface area contributed by atoms with Crippen molar-refractivity contribution in [1.29, 1.82) is 0 Å². The number of hydrogen-bond acceptors (Lipinski definition) is 6. The van der Waals surface area contributed by atoms with Crippen LogP contribution >= 0.6 is 11.6 Å². The Balaban J connectivity index is 1.86. The largest absolute Gasteiger partial charge is 0.454 e. The Hall–Kier alpha value is -2.71. The van der Waals surface area contributed by atoms with Crippen molar-refractivity contribution in [2.75, 3.05) is 6.54 Å². The van der Waals surface area contributed by atoms with Gasteiger partial charge in [0, 0.05) is 28.3 Å². The summed E-state index contributed by atoms with van der Waals surface area (Å²) >= 11 is 5.98. The zero-order valence-corrected chi connectivity index (χ0v) is 17.4. The van der Waals surface area contributed by atoms with Crippen molar-refractivity contribution in [3.63, 3.8) is 0 Å². The van der Waals surface area contributed by atoms with Gasteiger partial charge in [0.2, 0.25) is 11.3 Å². The van der Waals surface area contributed by atoms with Gasteiger partial charge in [-0.05, 0) is 30.7 Å². The first kappa shape index (κ1) is 20.2. The molecular weight excluding hydrogens is 422 g/mol. The molecule has 2 heterocycles. The van der Waals surface area contributed by atoms with E-state index in [9.17, 15) is 24.9 Å². The van der Waals surface area contributed by atoms with Crippen LogP contribution in [0.15, 0.2) is 54.1 Å². The highest BCUT2D eigenvalue weighted by atomic mass is 35.5. The first-order valence-corrected chi connectivity index (χ1v) is 10.4. The molecule has 0 radical (unpaired) electrons. The van der Waals surface area contributed by atoms with Gasteiger partial charge in [-0.3, -0.25) is 9.59 Å². The van der Waals surface area contributed by atoms with Crippen molar-refractivity contribution in [2.24, 2.45) is 0 Å². The van der Waals surface area contributed by atoms with Gasteiger partial charge in [-0.25, -0.2) is 0 Å². The van der Waals surface area contributed by atoms with Crippen molar-refractivity contribution >= 4 is 29.1 Å². The van der Waals surface area contributed by atoms with Crippen LogP contribution in [0.5, 0.6) is 0 Å². The molecule has 5 rings (SSSR count). The summed E-state index contributed by atoms with van der Waals surface area (Å²) in [4.78, 5) is 27.4. The molecule has 0 unspecified atom stereocenters. The number of aliphatic hydroxyl groups is 3. The van der Waals surface area contributed by atoms with Gasteiger partial charge in [0.15, 0.2) is 0 Å². The van der Waals surface area contributed by atoms with Gasteiger partial charge in [-0.2, -0.15) is 0 Å². The number of ketones is 1. The predicted molar refractivity (Wildman–Crippen MR) is 110 cm³/mol. The van der Waals surface area contributed by atoms with Gasteiger partial charge in [0.1, 0.15) is 5.76 Å². The zero-order valence-electron chi connectivity index (χ0n) is 16.6. The van der Waals surface area contributed by atoms with Crippen molar-refractivity contribution in [1.82, 2.24) is 4.90 Å². The number of fused-ring (bicyclic) bond motifs is 2. The lowest BCUT2D eigenvalue weighted by Gasteiger charge is -2.45. The van der Waals surface area contributed by atoms with Gasteiger partial charge in [-0.1, -0.05) is 49.2 Å². The molecule has 1 fully saturated rings. The highest BCUT2D eigenvalue weighted by molar-refractivity contribution is 6.48. The maximum Gasteiger partial charge on any atom is 0.296 e. The topological polar surface area (TPSA) is 107 Å². The van der Waals surface area contributed by atoms with Crippen LogP contribution in [0.2, 0.25) is 5.02 Å². The highest BCUT2D eigenvalue weighted by Gasteiger charge is 2.84. The van der Waals surface area contributed by atoms with Crippen LogP contribution < -0.4 is 0 Å². The Kier molecular flexibility index (Phi) is 4.17. The molecule has 3 aliphatic rings. The molecule has 1 spiro atoms. The number of halogens is 1. The van der Waals surface area contributed by atoms with Crippen molar-refractivity contribution in [3.8, 4) is 0 Å². The minimum absolute atomic E-state index is 0.0193. The summed E-state index contributed by atoms with van der Waals surface area (Å²) in [6, 6.07) is 12.5. The van der Waals surface area contributed by atoms with Crippen LogP contribution in [0, 0.1) is 0 Å². The molecule has 8 heteroatoms. The third-order valence-electron chi connectivity index (χ3n) is 6.41. The van der Waals surface area contributed by atoms with E-state index in [2.05, 4.69) is 0 Å². The summed E-state index contributed by atoms with van der Waals surface area (Å²) in [6.07, 6.45) is 1.18. The average Bonchev–Trinajstić information content (AvgIpc) is 3.22. The molecule has 2 aliphatic heterocycles. The number of rotatable bonds is 4. The molecular formula is C23H20ClNO6. The SMILES string of the molecule is CCCCN1C(=O)C(=O)C2=C(c3ccc(Cl)cc3)O[C@]3(O)c4ccccc4C(O)(O)[C@]213. The predicted octanol–water partition coefficient (Wildman–Crippen LogP) is 2.03. The van der Waals surface area contributed by atoms with Crippen molar-refractivity contribution in [2.45, 2.75) is 36.9 Å². The number of carbonyl (C=O) groups is 2. The number of nitrogens with zero attached hydrogens (tertiary/aromatic N) is 1. The van der Waals surface area contributed by atoms with E-state index >= 15 is 0 Å². The second-order valence-corrected chi connectivity index (χ2v) is 8.46. The molecule has 0 saturated carbocycles. The second-order valence-electron chi connectivity index (χ2n) is 8.02. The van der Waals surface area contributed by atoms with Crippen LogP contribution in [0.4, 0.5) is 0 Å². The standard InChI is InChI=1S/C23H20ClNO6/c1-2-3-12-25-20(27)18(26)17-19(13-8-10-14(24)11-9-13)31-23(30)16-7-5-4-6-15(16)22(28,29)21(17,23)25/h4-11,28-30H,2-3,12H2,1H3/t21-,23+/m0/s1. The van der Waals surface area contributed by atoms with E-state index in [1.54, 1.807) is 36.4 Å². The summed E-state index contributed by atoms with van der Waals surface area (Å²) in [5, 5.41) is 35.3. The quantitative estimate of drug-likeness (QED) is 0.495. The van der Waals surface area contributed by atoms with E-state index in [4.69, 9.17) is 16.3 Å². The van der Waals surface area contributed by atoms with Gasteiger partial charge in [0.05, 0.1) is 5.57 Å². The molecule has 1 aliphatic carbocycles. The maximum absolute atomic E-state index is 13.2. The molecule has 1 amide bonds. The van der Waals surface area contributed by atoms with Gasteiger partial charge >= 0.3 is 0 Å². The fourth-order valence-electron chi connectivity index (χ4n) is 5.09. The maximum atomic E-state index is 13.2. The minimum Gasteiger partial charge on any atom is -0.454 e. The first-order chi connectivity index (χ1) is 14.7. The van der Waals surface area contributed by atoms with Gasteiger partial charge < -0.3 is 25.0 Å². The van der Waals surface area contributed by atoms with E-state index in [1.165, 1.54) is 12.1 Å². The smallest absolute Gasteiger partial charge is 0.296 e. The second kappa shape index (κ2) is 6.40. The molecule has 160 valence electrons. The lowest BCUT2D eigenvalue weighted by molar-refractivity contribution is -0.312. The third kappa shape index (κ3) is 2.19. The fraction of sp³-hybridized carbons (Fsp3) is 0.304. The molecule has 0 aromatic heterocycles. The molecule has 1 saturated heterocycles. The number of ether oxygens (including phenoxy) is 1. The van der Waals surface area contributed by atoms with Gasteiger partial charge in [-0.15, -0.1) is 0 Å². The number of unbranched alkanes of at least 4 members (excludes halogenated alkanes) is 1. The van der Waals surface area contributed by atoms with Crippen LogP contribution in [0.1, 0.15) is 36.5 Å². The Labute approximate surface area is 183 Å². The normalized spacial score (nSPS) is 28.0. The monoisotopic (exact) mass is 441 g/mol. The van der Waals surface area contributed by atoms with E-state index < -0.39 is 28.8 Å². The number of hydrogen-bond donors (Lipinski definition) is 3. The molecule has 7 nitrogen and oxygen atoms in total. The number of Topliss-reactive ketones (excluding diaryl/α,β-unsaturated/α-hetero) is 1. The fourth-order valence-corrected chi connectivity index (χ4v) is 5.22. The van der Waals surface area contributed by atoms with Crippen LogP contribution in [0.3, 0.4) is 0 Å². The summed E-state index contributed by atoms with van der Waals surface area (Å²) < 4.78 is 6.00. The highest BCUT2D eigenvalue weighted by Crippen LogP contribution is 2.67. The Morgan fingerprint density at radius 1 is 1.00 bits per heavy atom. The molecule has 2 aromatic rings.